The van der Waals surface area contributed by atoms with Crippen LogP contribution < -0.4 is 5.32 Å². The van der Waals surface area contributed by atoms with E-state index in [1.165, 1.54) is 122 Å². The first-order chi connectivity index (χ1) is 24.1. The average molecular weight is 694 g/mol. The van der Waals surface area contributed by atoms with E-state index >= 15 is 0 Å². The molecule has 1 amide bonds. The Morgan fingerprint density at radius 1 is 0.633 bits per heavy atom. The number of benzene rings is 1. The van der Waals surface area contributed by atoms with Crippen LogP contribution in [0.5, 0.6) is 0 Å². The number of rotatable bonds is 30. The molecule has 0 bridgehead atoms. The Hall–Kier alpha value is -2.09. The molecule has 0 aliphatic carbocycles. The zero-order valence-corrected chi connectivity index (χ0v) is 32.8. The number of thiazole rings is 1. The number of para-hydroxylation sites is 1. The zero-order valence-electron chi connectivity index (χ0n) is 32.0. The van der Waals surface area contributed by atoms with Gasteiger partial charge in [-0.3, -0.25) is 4.79 Å². The topological polar surface area (TPSA) is 61.4 Å². The first-order valence-corrected chi connectivity index (χ1v) is 21.3. The molecule has 49 heavy (non-hydrogen) atoms. The first kappa shape index (κ1) is 41.3. The Balaban J connectivity index is 1.42. The van der Waals surface area contributed by atoms with Gasteiger partial charge in [-0.25, -0.2) is 9.97 Å². The Labute approximate surface area is 304 Å². The molecule has 0 atom stereocenters. The minimum atomic E-state index is 0.0506. The lowest BCUT2D eigenvalue weighted by Crippen LogP contribution is -2.32. The third-order valence-electron chi connectivity index (χ3n) is 9.93. The number of hydrogen-bond donors (Lipinski definition) is 1. The van der Waals surface area contributed by atoms with Crippen LogP contribution in [0.1, 0.15) is 161 Å². The molecular weight excluding hydrogens is 623 g/mol. The molecule has 276 valence electrons. The molecule has 0 radical (unpaired) electrons. The van der Waals surface area contributed by atoms with E-state index in [4.69, 9.17) is 9.97 Å². The van der Waals surface area contributed by atoms with E-state index in [2.05, 4.69) is 54.9 Å². The number of aryl methyl sites for hydroxylation is 1. The standard InChI is InChI=1S/C42H71N5OS/c1-5-9-11-13-15-17-23-31-46(8-4)34-26-35-47(32-24-18-16-14-12-10-6-2)33-25-19-20-30-38(48)44-42-40-41(49-39(45-40)27-7-3)36-28-21-22-29-37(36)43-42/h21-22,28-29H,5-20,23-27,30-35H2,1-4H3,(H,43,44,48). The molecule has 0 aliphatic heterocycles. The molecular formula is C42H71N5OS. The number of pyridine rings is 1. The van der Waals surface area contributed by atoms with E-state index < -0.39 is 0 Å². The summed E-state index contributed by atoms with van der Waals surface area (Å²) >= 11 is 1.74. The summed E-state index contributed by atoms with van der Waals surface area (Å²) in [6.45, 7) is 16.3. The molecule has 2 aromatic heterocycles. The summed E-state index contributed by atoms with van der Waals surface area (Å²) < 4.78 is 1.13. The van der Waals surface area contributed by atoms with Crippen LogP contribution in [0.3, 0.4) is 0 Å². The monoisotopic (exact) mass is 694 g/mol. The number of amides is 1. The van der Waals surface area contributed by atoms with Crippen LogP contribution >= 0.6 is 11.3 Å². The minimum Gasteiger partial charge on any atom is -0.309 e. The van der Waals surface area contributed by atoms with Crippen LogP contribution in [0.25, 0.3) is 21.1 Å². The molecule has 6 nitrogen and oxygen atoms in total. The quantitative estimate of drug-likeness (QED) is 0.0704. The van der Waals surface area contributed by atoms with Crippen molar-refractivity contribution in [3.05, 3.63) is 29.3 Å². The van der Waals surface area contributed by atoms with Gasteiger partial charge >= 0.3 is 0 Å². The third kappa shape index (κ3) is 16.2. The smallest absolute Gasteiger partial charge is 0.225 e. The highest BCUT2D eigenvalue weighted by molar-refractivity contribution is 7.19. The fourth-order valence-electron chi connectivity index (χ4n) is 6.91. The Morgan fingerprint density at radius 3 is 1.82 bits per heavy atom. The molecule has 0 aliphatic rings. The number of nitrogens with zero attached hydrogens (tertiary/aromatic N) is 4. The van der Waals surface area contributed by atoms with Crippen LogP contribution in [-0.4, -0.2) is 64.9 Å². The second-order valence-electron chi connectivity index (χ2n) is 14.2. The molecule has 3 aromatic rings. The fourth-order valence-corrected chi connectivity index (χ4v) is 8.11. The van der Waals surface area contributed by atoms with Crippen molar-refractivity contribution in [1.29, 1.82) is 0 Å². The first-order valence-electron chi connectivity index (χ1n) is 20.5. The van der Waals surface area contributed by atoms with Gasteiger partial charge in [0, 0.05) is 11.8 Å². The maximum absolute atomic E-state index is 13.1. The summed E-state index contributed by atoms with van der Waals surface area (Å²) in [6, 6.07) is 8.19. The molecule has 7 heteroatoms. The number of hydrogen-bond acceptors (Lipinski definition) is 6. The largest absolute Gasteiger partial charge is 0.309 e. The molecule has 0 saturated heterocycles. The van der Waals surface area contributed by atoms with Crippen LogP contribution in [0.2, 0.25) is 0 Å². The van der Waals surface area contributed by atoms with Crippen molar-refractivity contribution >= 4 is 44.2 Å². The van der Waals surface area contributed by atoms with Gasteiger partial charge in [0.25, 0.3) is 0 Å². The van der Waals surface area contributed by atoms with E-state index in [1.807, 2.05) is 12.1 Å². The van der Waals surface area contributed by atoms with Crippen molar-refractivity contribution in [2.24, 2.45) is 0 Å². The second kappa shape index (κ2) is 25.8. The van der Waals surface area contributed by atoms with Gasteiger partial charge < -0.3 is 15.1 Å². The van der Waals surface area contributed by atoms with Crippen LogP contribution in [0, 0.1) is 0 Å². The third-order valence-corrected chi connectivity index (χ3v) is 11.1. The van der Waals surface area contributed by atoms with E-state index in [0.29, 0.717) is 12.2 Å². The number of carbonyl (C=O) groups excluding carboxylic acids is 1. The molecule has 1 N–H and O–H groups in total. The van der Waals surface area contributed by atoms with Gasteiger partial charge in [0.15, 0.2) is 5.82 Å². The molecule has 0 saturated carbocycles. The molecule has 3 rings (SSSR count). The molecule has 0 unspecified atom stereocenters. The Kier molecular flexibility index (Phi) is 21.8. The van der Waals surface area contributed by atoms with E-state index in [-0.39, 0.29) is 5.91 Å². The van der Waals surface area contributed by atoms with Gasteiger partial charge in [-0.2, -0.15) is 0 Å². The highest BCUT2D eigenvalue weighted by Gasteiger charge is 2.16. The highest BCUT2D eigenvalue weighted by atomic mass is 32.1. The summed E-state index contributed by atoms with van der Waals surface area (Å²) in [5.74, 6) is 0.668. The molecule has 0 spiro atoms. The summed E-state index contributed by atoms with van der Waals surface area (Å²) in [6.07, 6.45) is 26.2. The number of fused-ring (bicyclic) bond motifs is 3. The van der Waals surface area contributed by atoms with Gasteiger partial charge in [-0.05, 0) is 90.3 Å². The highest BCUT2D eigenvalue weighted by Crippen LogP contribution is 2.34. The summed E-state index contributed by atoms with van der Waals surface area (Å²) in [7, 11) is 0. The second-order valence-corrected chi connectivity index (χ2v) is 15.3. The Bertz CT molecular complexity index is 1290. The maximum atomic E-state index is 13.1. The van der Waals surface area contributed by atoms with Crippen molar-refractivity contribution in [2.75, 3.05) is 44.6 Å². The molecule has 2 heterocycles. The van der Waals surface area contributed by atoms with E-state index in [1.54, 1.807) is 11.3 Å². The average Bonchev–Trinajstić information content (AvgIpc) is 3.54. The van der Waals surface area contributed by atoms with Crippen molar-refractivity contribution in [3.63, 3.8) is 0 Å². The number of unbranched alkanes of at least 4 members (excludes halogenated alkanes) is 14. The van der Waals surface area contributed by atoms with Crippen molar-refractivity contribution in [3.8, 4) is 0 Å². The van der Waals surface area contributed by atoms with Crippen molar-refractivity contribution < 1.29 is 4.79 Å². The lowest BCUT2D eigenvalue weighted by Gasteiger charge is -2.25. The summed E-state index contributed by atoms with van der Waals surface area (Å²) in [4.78, 5) is 28.2. The fraction of sp³-hybridized carbons (Fsp3) is 0.738. The Morgan fingerprint density at radius 2 is 1.18 bits per heavy atom. The lowest BCUT2D eigenvalue weighted by molar-refractivity contribution is -0.116. The minimum absolute atomic E-state index is 0.0506. The van der Waals surface area contributed by atoms with Gasteiger partial charge in [-0.15, -0.1) is 11.3 Å². The van der Waals surface area contributed by atoms with E-state index in [9.17, 15) is 4.79 Å². The van der Waals surface area contributed by atoms with Crippen LogP contribution in [-0.2, 0) is 11.2 Å². The number of nitrogens with one attached hydrogen (secondary N) is 1. The molecule has 0 fully saturated rings. The van der Waals surface area contributed by atoms with Crippen molar-refractivity contribution in [2.45, 2.75) is 163 Å². The van der Waals surface area contributed by atoms with Crippen LogP contribution in [0.15, 0.2) is 24.3 Å². The number of aromatic nitrogens is 2. The number of anilines is 1. The van der Waals surface area contributed by atoms with Crippen molar-refractivity contribution in [1.82, 2.24) is 19.8 Å². The predicted molar refractivity (Wildman–Crippen MR) is 215 cm³/mol. The van der Waals surface area contributed by atoms with Gasteiger partial charge in [0.2, 0.25) is 5.91 Å². The summed E-state index contributed by atoms with van der Waals surface area (Å²) in [5.41, 5.74) is 1.75. The van der Waals surface area contributed by atoms with Gasteiger partial charge in [0.1, 0.15) is 5.52 Å². The van der Waals surface area contributed by atoms with Gasteiger partial charge in [-0.1, -0.05) is 129 Å². The lowest BCUT2D eigenvalue weighted by atomic mass is 10.1. The SMILES string of the molecule is CCCCCCCCCN(CC)CCCN(CCCCCCCCC)CCCCCC(=O)Nc1nc2ccccc2c2sc(CCC)nc12. The van der Waals surface area contributed by atoms with Gasteiger partial charge in [0.05, 0.1) is 15.2 Å². The predicted octanol–water partition coefficient (Wildman–Crippen LogP) is 11.8. The number of carbonyl (C=O) groups is 1. The van der Waals surface area contributed by atoms with Crippen LogP contribution in [0.4, 0.5) is 5.82 Å². The maximum Gasteiger partial charge on any atom is 0.225 e. The summed E-state index contributed by atoms with van der Waals surface area (Å²) in [5, 5.41) is 5.37. The molecule has 1 aromatic carbocycles. The normalized spacial score (nSPS) is 11.9. The zero-order chi connectivity index (χ0) is 34.9. The van der Waals surface area contributed by atoms with E-state index in [0.717, 1.165) is 71.3 Å².